The van der Waals surface area contributed by atoms with E-state index in [9.17, 15) is 9.90 Å². The van der Waals surface area contributed by atoms with E-state index in [0.29, 0.717) is 17.2 Å². The lowest BCUT2D eigenvalue weighted by molar-refractivity contribution is 0.0691. The summed E-state index contributed by atoms with van der Waals surface area (Å²) in [5.41, 5.74) is 1.41. The number of hydrogen-bond acceptors (Lipinski definition) is 4. The van der Waals surface area contributed by atoms with Crippen molar-refractivity contribution in [1.82, 2.24) is 4.98 Å². The zero-order chi connectivity index (χ0) is 14.6. The first-order valence-corrected chi connectivity index (χ1v) is 7.01. The van der Waals surface area contributed by atoms with Crippen LogP contribution in [0.2, 0.25) is 0 Å². The molecule has 0 atom stereocenters. The van der Waals surface area contributed by atoms with E-state index in [4.69, 9.17) is 5.26 Å². The Morgan fingerprint density at radius 2 is 2.16 bits per heavy atom. The van der Waals surface area contributed by atoms with E-state index in [1.54, 1.807) is 13.0 Å². The van der Waals surface area contributed by atoms with Crippen LogP contribution in [0.4, 0.5) is 0 Å². The molecule has 0 amide bonds. The van der Waals surface area contributed by atoms with Crippen LogP contribution in [0.5, 0.6) is 0 Å². The summed E-state index contributed by atoms with van der Waals surface area (Å²) in [5, 5.41) is 18.7. The number of carboxylic acid groups (broad SMARTS) is 1. The summed E-state index contributed by atoms with van der Waals surface area (Å²) < 4.78 is 0. The minimum absolute atomic E-state index is 0.269. The van der Waals surface area contributed by atoms with Crippen LogP contribution in [0.1, 0.15) is 41.9 Å². The lowest BCUT2D eigenvalue weighted by Gasteiger charge is -2.15. The standard InChI is InChI=1S/C14H18N2O2S/c1-9-7-10(2)16-12(11(9)13(17)18)19-6-5-14(3,4)8-15/h7H,5-6H2,1-4H3,(H,17,18). The molecular weight excluding hydrogens is 260 g/mol. The lowest BCUT2D eigenvalue weighted by atomic mass is 9.93. The smallest absolute Gasteiger partial charge is 0.338 e. The molecule has 1 N–H and O–H groups in total. The van der Waals surface area contributed by atoms with Crippen molar-refractivity contribution >= 4 is 17.7 Å². The van der Waals surface area contributed by atoms with Gasteiger partial charge in [0.1, 0.15) is 5.03 Å². The van der Waals surface area contributed by atoms with E-state index in [-0.39, 0.29) is 5.56 Å². The van der Waals surface area contributed by atoms with E-state index in [0.717, 1.165) is 11.3 Å². The van der Waals surface area contributed by atoms with Gasteiger partial charge in [-0.1, -0.05) is 0 Å². The van der Waals surface area contributed by atoms with Crippen LogP contribution >= 0.6 is 11.8 Å². The summed E-state index contributed by atoms with van der Waals surface area (Å²) >= 11 is 1.40. The number of nitriles is 1. The second kappa shape index (κ2) is 6.07. The SMILES string of the molecule is Cc1cc(C)c(C(=O)O)c(SCCC(C)(C)C#N)n1. The van der Waals surface area contributed by atoms with Gasteiger partial charge in [0.2, 0.25) is 0 Å². The summed E-state index contributed by atoms with van der Waals surface area (Å²) in [6.07, 6.45) is 0.696. The highest BCUT2D eigenvalue weighted by atomic mass is 32.2. The van der Waals surface area contributed by atoms with Crippen molar-refractivity contribution in [1.29, 1.82) is 5.26 Å². The van der Waals surface area contributed by atoms with Crippen LogP contribution in [0, 0.1) is 30.6 Å². The molecule has 0 saturated carbocycles. The van der Waals surface area contributed by atoms with E-state index in [2.05, 4.69) is 11.1 Å². The molecule has 0 aliphatic carbocycles. The highest BCUT2D eigenvalue weighted by Gasteiger charge is 2.19. The first kappa shape index (κ1) is 15.5. The molecule has 1 aromatic heterocycles. The van der Waals surface area contributed by atoms with Crippen LogP contribution in [0.25, 0.3) is 0 Å². The van der Waals surface area contributed by atoms with Crippen LogP contribution in [0.3, 0.4) is 0 Å². The van der Waals surface area contributed by atoms with Gasteiger partial charge in [0.25, 0.3) is 0 Å². The molecule has 0 aliphatic heterocycles. The average Bonchev–Trinajstić information content (AvgIpc) is 2.27. The molecule has 0 aromatic carbocycles. The molecule has 0 radical (unpaired) electrons. The van der Waals surface area contributed by atoms with Gasteiger partial charge in [-0.25, -0.2) is 9.78 Å². The molecule has 0 bridgehead atoms. The van der Waals surface area contributed by atoms with Crippen molar-refractivity contribution < 1.29 is 9.90 Å². The highest BCUT2D eigenvalue weighted by Crippen LogP contribution is 2.28. The number of aryl methyl sites for hydroxylation is 2. The molecule has 0 unspecified atom stereocenters. The Labute approximate surface area is 117 Å². The second-order valence-corrected chi connectivity index (χ2v) is 6.24. The van der Waals surface area contributed by atoms with Gasteiger partial charge in [-0.3, -0.25) is 0 Å². The molecule has 19 heavy (non-hydrogen) atoms. The summed E-state index contributed by atoms with van der Waals surface area (Å²) in [7, 11) is 0. The molecular formula is C14H18N2O2S. The van der Waals surface area contributed by atoms with Gasteiger partial charge in [0.15, 0.2) is 0 Å². The number of pyridine rings is 1. The fraction of sp³-hybridized carbons (Fsp3) is 0.500. The van der Waals surface area contributed by atoms with Crippen molar-refractivity contribution in [2.75, 3.05) is 5.75 Å². The third-order valence-corrected chi connectivity index (χ3v) is 3.77. The molecule has 4 nitrogen and oxygen atoms in total. The zero-order valence-corrected chi connectivity index (χ0v) is 12.5. The van der Waals surface area contributed by atoms with Gasteiger partial charge < -0.3 is 5.11 Å². The van der Waals surface area contributed by atoms with E-state index < -0.39 is 11.4 Å². The van der Waals surface area contributed by atoms with E-state index >= 15 is 0 Å². The van der Waals surface area contributed by atoms with Crippen molar-refractivity contribution in [2.24, 2.45) is 5.41 Å². The molecule has 1 rings (SSSR count). The number of aromatic carboxylic acids is 1. The fourth-order valence-corrected chi connectivity index (χ4v) is 3.03. The van der Waals surface area contributed by atoms with E-state index in [1.165, 1.54) is 11.8 Å². The normalized spacial score (nSPS) is 11.1. The van der Waals surface area contributed by atoms with Crippen LogP contribution < -0.4 is 0 Å². The molecule has 0 saturated heterocycles. The van der Waals surface area contributed by atoms with Gasteiger partial charge in [0, 0.05) is 11.4 Å². The Hall–Kier alpha value is -1.54. The van der Waals surface area contributed by atoms with Crippen LogP contribution in [-0.2, 0) is 0 Å². The predicted octanol–water partition coefficient (Wildman–Crippen LogP) is 3.43. The number of carboxylic acids is 1. The Morgan fingerprint density at radius 3 is 2.68 bits per heavy atom. The highest BCUT2D eigenvalue weighted by molar-refractivity contribution is 7.99. The number of thioether (sulfide) groups is 1. The average molecular weight is 278 g/mol. The number of hydrogen-bond donors (Lipinski definition) is 1. The topological polar surface area (TPSA) is 74.0 Å². The molecule has 0 fully saturated rings. The number of carbonyl (C=O) groups is 1. The molecule has 0 aliphatic rings. The van der Waals surface area contributed by atoms with Gasteiger partial charge >= 0.3 is 5.97 Å². The summed E-state index contributed by atoms with van der Waals surface area (Å²) in [4.78, 5) is 15.6. The monoisotopic (exact) mass is 278 g/mol. The third-order valence-electron chi connectivity index (χ3n) is 2.79. The number of rotatable bonds is 5. The maximum Gasteiger partial charge on any atom is 0.338 e. The Morgan fingerprint density at radius 1 is 1.53 bits per heavy atom. The number of aromatic nitrogens is 1. The summed E-state index contributed by atoms with van der Waals surface area (Å²) in [6, 6.07) is 4.01. The van der Waals surface area contributed by atoms with Crippen molar-refractivity contribution in [3.05, 3.63) is 22.9 Å². The molecule has 5 heteroatoms. The fourth-order valence-electron chi connectivity index (χ4n) is 1.63. The minimum Gasteiger partial charge on any atom is -0.478 e. The summed E-state index contributed by atoms with van der Waals surface area (Å²) in [5.74, 6) is -0.274. The second-order valence-electron chi connectivity index (χ2n) is 5.16. The third kappa shape index (κ3) is 4.25. The lowest BCUT2D eigenvalue weighted by Crippen LogP contribution is -2.10. The predicted molar refractivity (Wildman–Crippen MR) is 75.4 cm³/mol. The van der Waals surface area contributed by atoms with Crippen molar-refractivity contribution in [3.8, 4) is 6.07 Å². The van der Waals surface area contributed by atoms with Gasteiger partial charge in [-0.05, 0) is 45.7 Å². The van der Waals surface area contributed by atoms with Gasteiger partial charge in [-0.15, -0.1) is 11.8 Å². The molecule has 0 spiro atoms. The number of nitrogens with zero attached hydrogens (tertiary/aromatic N) is 2. The van der Waals surface area contributed by atoms with Crippen molar-refractivity contribution in [2.45, 2.75) is 39.1 Å². The van der Waals surface area contributed by atoms with Crippen LogP contribution in [-0.4, -0.2) is 21.8 Å². The quantitative estimate of drug-likeness (QED) is 0.835. The van der Waals surface area contributed by atoms with Gasteiger partial charge in [0.05, 0.1) is 17.0 Å². The minimum atomic E-state index is -0.952. The van der Waals surface area contributed by atoms with Gasteiger partial charge in [-0.2, -0.15) is 5.26 Å². The maximum atomic E-state index is 11.3. The Bertz CT molecular complexity index is 533. The Balaban J connectivity index is 2.90. The molecule has 102 valence electrons. The first-order valence-electron chi connectivity index (χ1n) is 6.02. The Kier molecular flexibility index (Phi) is 4.96. The summed E-state index contributed by atoms with van der Waals surface area (Å²) in [6.45, 7) is 7.38. The largest absolute Gasteiger partial charge is 0.478 e. The molecule has 1 heterocycles. The first-order chi connectivity index (χ1) is 8.76. The maximum absolute atomic E-state index is 11.3. The zero-order valence-electron chi connectivity index (χ0n) is 11.6. The van der Waals surface area contributed by atoms with Crippen LogP contribution in [0.15, 0.2) is 11.1 Å². The van der Waals surface area contributed by atoms with Crippen molar-refractivity contribution in [3.63, 3.8) is 0 Å². The molecule has 1 aromatic rings. The van der Waals surface area contributed by atoms with E-state index in [1.807, 2.05) is 20.8 Å².